The molecule has 3 aliphatic rings. The molecule has 2 heterocycles. The minimum Gasteiger partial charge on any atom is -0.744 e. The molecule has 0 amide bonds. The van der Waals surface area contributed by atoms with Crippen molar-refractivity contribution in [3.8, 4) is 0 Å². The quantitative estimate of drug-likeness (QED) is 0.0994. The smallest absolute Gasteiger partial charge is 0.263 e. The summed E-state index contributed by atoms with van der Waals surface area (Å²) in [7, 11) is -3.53. The van der Waals surface area contributed by atoms with E-state index in [0.717, 1.165) is 41.3 Å². The average molecular weight is 779 g/mol. The summed E-state index contributed by atoms with van der Waals surface area (Å²) in [6, 6.07) is 18.6. The van der Waals surface area contributed by atoms with Crippen LogP contribution in [0, 0.1) is 12.8 Å². The number of benzene rings is 3. The first-order valence-corrected chi connectivity index (χ1v) is 22.3. The Morgan fingerprint density at radius 1 is 1.04 bits per heavy atom. The number of aromatic nitrogens is 1. The van der Waals surface area contributed by atoms with E-state index >= 15 is 0 Å². The predicted octanol–water partition coefficient (Wildman–Crippen LogP) is 9.41. The van der Waals surface area contributed by atoms with Gasteiger partial charge in [-0.3, -0.25) is 4.21 Å². The summed E-state index contributed by atoms with van der Waals surface area (Å²) < 4.78 is 52.3. The molecule has 51 heavy (non-hydrogen) atoms. The number of anilines is 1. The second kappa shape index (κ2) is 16.4. The molecule has 0 radical (unpaired) electrons. The molecule has 3 aromatic carbocycles. The molecule has 0 saturated carbocycles. The molecule has 0 spiro atoms. The molecule has 2 aliphatic carbocycles. The molecule has 1 aliphatic heterocycles. The molecule has 0 N–H and O–H groups in total. The molecule has 4 aromatic rings. The van der Waals surface area contributed by atoms with Gasteiger partial charge in [0.25, 0.3) is 5.01 Å². The maximum atomic E-state index is 12.1. The van der Waals surface area contributed by atoms with Crippen LogP contribution in [-0.2, 0) is 31.6 Å². The largest absolute Gasteiger partial charge is 0.744 e. The number of rotatable bonds is 8. The third-order valence-electron chi connectivity index (χ3n) is 9.21. The molecule has 7 nitrogen and oxygen atoms in total. The van der Waals surface area contributed by atoms with Crippen LogP contribution >= 0.6 is 35.1 Å². The van der Waals surface area contributed by atoms with E-state index in [1.54, 1.807) is 25.5 Å². The Bertz CT molecular complexity index is 2200. The monoisotopic (exact) mass is 778 g/mol. The van der Waals surface area contributed by atoms with Gasteiger partial charge in [-0.2, -0.15) is 4.57 Å². The second-order valence-corrected chi connectivity index (χ2v) is 18.5. The molecular weight excluding hydrogens is 737 g/mol. The van der Waals surface area contributed by atoms with Crippen molar-refractivity contribution in [1.82, 2.24) is 0 Å². The maximum absolute atomic E-state index is 12.1. The van der Waals surface area contributed by atoms with Gasteiger partial charge in [-0.25, -0.2) is 8.42 Å². The Morgan fingerprint density at radius 2 is 1.80 bits per heavy atom. The molecule has 1 aromatic heterocycles. The van der Waals surface area contributed by atoms with E-state index in [-0.39, 0.29) is 4.90 Å². The van der Waals surface area contributed by atoms with Gasteiger partial charge in [0, 0.05) is 62.5 Å². The average Bonchev–Trinajstić information content (AvgIpc) is 3.63. The van der Waals surface area contributed by atoms with Gasteiger partial charge in [0.1, 0.15) is 21.4 Å². The lowest BCUT2D eigenvalue weighted by molar-refractivity contribution is -0.665. The fourth-order valence-corrected chi connectivity index (χ4v) is 10.5. The van der Waals surface area contributed by atoms with Gasteiger partial charge < -0.3 is 13.6 Å². The molecule has 0 fully saturated rings. The Labute approximate surface area is 316 Å². The molecule has 268 valence electrons. The van der Waals surface area contributed by atoms with Crippen LogP contribution in [0.25, 0.3) is 16.3 Å². The summed E-state index contributed by atoms with van der Waals surface area (Å²) in [5.74, 6) is 0.659. The van der Waals surface area contributed by atoms with Crippen molar-refractivity contribution in [3.05, 3.63) is 111 Å². The standard InChI is InChI=1S/C32H35N2O2S4.C7H8O3S/c1-5-33-27-19-25(39-36-3)11-13-29(27)37-31(33)17-21-7-9-23-10-8-22(16-24(23)15-21)18-32-34(6-2)28-20-26(40(4)35)12-14-30(28)38-32;1-6-2-4-7(5-3-6)11(8,9)10/h11-20,23H,5-10H2,1-4H3;2-5H,1H3,(H,8,9,10)/q+1;/p-1. The number of thiazole rings is 1. The van der Waals surface area contributed by atoms with Gasteiger partial charge in [0.05, 0.1) is 22.7 Å². The normalized spacial score (nSPS) is 19.3. The zero-order valence-electron chi connectivity index (χ0n) is 29.4. The van der Waals surface area contributed by atoms with Crippen molar-refractivity contribution in [3.63, 3.8) is 0 Å². The number of aryl methyl sites for hydroxylation is 2. The highest BCUT2D eigenvalue weighted by molar-refractivity contribution is 8.03. The van der Waals surface area contributed by atoms with Crippen molar-refractivity contribution < 1.29 is 25.9 Å². The van der Waals surface area contributed by atoms with Crippen molar-refractivity contribution in [2.45, 2.75) is 72.6 Å². The van der Waals surface area contributed by atoms with Crippen LogP contribution in [0.1, 0.15) is 50.1 Å². The highest BCUT2D eigenvalue weighted by atomic mass is 32.2. The van der Waals surface area contributed by atoms with Crippen LogP contribution in [-0.4, -0.2) is 37.1 Å². The van der Waals surface area contributed by atoms with Crippen LogP contribution in [0.3, 0.4) is 0 Å². The van der Waals surface area contributed by atoms with Crippen LogP contribution in [0.4, 0.5) is 5.69 Å². The molecule has 2 atom stereocenters. The van der Waals surface area contributed by atoms with Gasteiger partial charge in [-0.15, -0.1) is 0 Å². The summed E-state index contributed by atoms with van der Waals surface area (Å²) in [5, 5.41) is 2.59. The number of allylic oxidation sites excluding steroid dienone is 6. The fourth-order valence-electron chi connectivity index (χ4n) is 6.61. The SMILES string of the molecule is CCN1/C(=C/C2=CC3=C/C(=C/c4sc5ccc(SOC)cc5[n+]4CC)CCC3CC2)Sc2ccc(S(C)=O)cc21.Cc1ccc(S(=O)(=O)[O-])cc1. The van der Waals surface area contributed by atoms with Crippen molar-refractivity contribution in [2.75, 3.05) is 24.8 Å². The highest BCUT2D eigenvalue weighted by Gasteiger charge is 2.28. The van der Waals surface area contributed by atoms with E-state index in [2.05, 4.69) is 78.0 Å². The van der Waals surface area contributed by atoms with Crippen molar-refractivity contribution in [1.29, 1.82) is 0 Å². The van der Waals surface area contributed by atoms with Crippen LogP contribution < -0.4 is 9.47 Å². The lowest BCUT2D eigenvalue weighted by Crippen LogP contribution is -2.33. The van der Waals surface area contributed by atoms with Gasteiger partial charge >= 0.3 is 0 Å². The van der Waals surface area contributed by atoms with Crippen LogP contribution in [0.15, 0.2) is 120 Å². The van der Waals surface area contributed by atoms with Gasteiger partial charge in [-0.05, 0) is 118 Å². The third kappa shape index (κ3) is 8.81. The van der Waals surface area contributed by atoms with Crippen molar-refractivity contribution >= 4 is 78.0 Å². The van der Waals surface area contributed by atoms with E-state index in [9.17, 15) is 17.2 Å². The molecule has 0 saturated heterocycles. The number of nitrogens with zero attached hydrogens (tertiary/aromatic N) is 2. The summed E-state index contributed by atoms with van der Waals surface area (Å²) in [6.07, 6.45) is 16.2. The minimum absolute atomic E-state index is 0.178. The molecular formula is C39H42N2O5S5. The first-order valence-electron chi connectivity index (χ1n) is 16.9. The topological polar surface area (TPSA) is 90.6 Å². The van der Waals surface area contributed by atoms with Gasteiger partial charge in [0.15, 0.2) is 0 Å². The number of thioether (sulfide) groups is 1. The van der Waals surface area contributed by atoms with Gasteiger partial charge in [0.2, 0.25) is 5.52 Å². The minimum atomic E-state index is -4.27. The second-order valence-electron chi connectivity index (χ2n) is 12.6. The summed E-state index contributed by atoms with van der Waals surface area (Å²) in [5.41, 5.74) is 7.70. The first kappa shape index (κ1) is 37.8. The van der Waals surface area contributed by atoms with Crippen molar-refractivity contribution in [2.24, 2.45) is 5.92 Å². The number of fused-ring (bicyclic) bond motifs is 3. The molecule has 2 unspecified atom stereocenters. The summed E-state index contributed by atoms with van der Waals surface area (Å²) in [6.45, 7) is 8.08. The number of hydrogen-bond donors (Lipinski definition) is 0. The zero-order valence-corrected chi connectivity index (χ0v) is 33.5. The Hall–Kier alpha value is -2.97. The molecule has 12 heteroatoms. The van der Waals surface area contributed by atoms with E-state index < -0.39 is 20.9 Å². The van der Waals surface area contributed by atoms with E-state index in [4.69, 9.17) is 4.18 Å². The van der Waals surface area contributed by atoms with Crippen LogP contribution in [0.2, 0.25) is 0 Å². The van der Waals surface area contributed by atoms with E-state index in [1.165, 1.54) is 84.6 Å². The Balaban J connectivity index is 0.000000349. The number of hydrogen-bond acceptors (Lipinski definition) is 9. The Kier molecular flexibility index (Phi) is 12.1. The van der Waals surface area contributed by atoms with E-state index in [0.29, 0.717) is 5.92 Å². The molecule has 7 rings (SSSR count). The summed E-state index contributed by atoms with van der Waals surface area (Å²) >= 11 is 5.12. The lowest BCUT2D eigenvalue weighted by Gasteiger charge is -2.28. The first-order chi connectivity index (χ1) is 24.5. The third-order valence-corrected chi connectivity index (χ3v) is 13.8. The summed E-state index contributed by atoms with van der Waals surface area (Å²) in [4.78, 5) is 5.47. The fraction of sp³-hybridized carbons (Fsp3) is 0.308. The van der Waals surface area contributed by atoms with Gasteiger partial charge in [-0.1, -0.05) is 52.9 Å². The maximum Gasteiger partial charge on any atom is 0.263 e. The lowest BCUT2D eigenvalue weighted by atomic mass is 9.77. The molecule has 0 bridgehead atoms. The Morgan fingerprint density at radius 3 is 2.49 bits per heavy atom. The predicted molar refractivity (Wildman–Crippen MR) is 212 cm³/mol. The van der Waals surface area contributed by atoms with Crippen LogP contribution in [0.5, 0.6) is 0 Å². The zero-order chi connectivity index (χ0) is 36.3. The van der Waals surface area contributed by atoms with E-state index in [1.807, 2.05) is 36.1 Å². The highest BCUT2D eigenvalue weighted by Crippen LogP contribution is 2.48.